The minimum Gasteiger partial charge on any atom is -1.00 e. The topological polar surface area (TPSA) is 0 Å². The SMILES string of the molecule is CC1=[C-]C(C)C(C)=C1C.C[Si](C)=[Zr+2].Clc1ccc2c(-c3ccccc3)c[cH-]c2c1.[Cl-].[Cl-]. The van der Waals surface area contributed by atoms with Crippen LogP contribution in [0, 0.1) is 12.0 Å². The van der Waals surface area contributed by atoms with Crippen LogP contribution in [0.1, 0.15) is 27.7 Å². The normalized spacial score (nSPS) is 14.4. The third-order valence-electron chi connectivity index (χ3n) is 5.05. The van der Waals surface area contributed by atoms with Gasteiger partial charge in [-0.2, -0.15) is 11.1 Å². The molecule has 4 rings (SSSR count). The van der Waals surface area contributed by atoms with E-state index >= 15 is 0 Å². The van der Waals surface area contributed by atoms with Gasteiger partial charge in [0.25, 0.3) is 0 Å². The molecule has 0 spiro atoms. The van der Waals surface area contributed by atoms with E-state index in [1.807, 2.05) is 18.2 Å². The largest absolute Gasteiger partial charge is 1.00 e. The van der Waals surface area contributed by atoms with Gasteiger partial charge in [0.15, 0.2) is 0 Å². The van der Waals surface area contributed by atoms with E-state index in [0.29, 0.717) is 5.92 Å². The molecule has 0 saturated carbocycles. The van der Waals surface area contributed by atoms with Crippen LogP contribution < -0.4 is 24.8 Å². The third kappa shape index (κ3) is 9.10. The molecule has 5 heteroatoms. The Balaban J connectivity index is 0.000000516. The van der Waals surface area contributed by atoms with E-state index < -0.39 is 0 Å². The zero-order chi connectivity index (χ0) is 21.6. The second-order valence-corrected chi connectivity index (χ2v) is 17.5. The Hall–Kier alpha value is -0.500. The predicted molar refractivity (Wildman–Crippen MR) is 127 cm³/mol. The summed E-state index contributed by atoms with van der Waals surface area (Å²) in [6.07, 6.45) is 3.36. The molecule has 0 saturated heterocycles. The Labute approximate surface area is 220 Å². The molecule has 0 fully saturated rings. The first kappa shape index (κ1) is 30.5. The molecule has 1 aliphatic rings. The van der Waals surface area contributed by atoms with Crippen molar-refractivity contribution in [3.63, 3.8) is 0 Å². The molecule has 0 N–H and O–H groups in total. The molecule has 164 valence electrons. The summed E-state index contributed by atoms with van der Waals surface area (Å²) in [5, 5.41) is 3.25. The van der Waals surface area contributed by atoms with Crippen molar-refractivity contribution >= 4 is 27.8 Å². The van der Waals surface area contributed by atoms with Gasteiger partial charge in [0.2, 0.25) is 0 Å². The minimum absolute atomic E-state index is 0. The summed E-state index contributed by atoms with van der Waals surface area (Å²) >= 11 is 7.71. The van der Waals surface area contributed by atoms with Crippen molar-refractivity contribution in [3.05, 3.63) is 88.5 Å². The maximum absolute atomic E-state index is 5.97. The van der Waals surface area contributed by atoms with E-state index in [-0.39, 0.29) is 30.2 Å². The molecular formula is C26H29Cl3SiZr-2. The maximum Gasteiger partial charge on any atom is -0.00101 e. The zero-order valence-electron chi connectivity index (χ0n) is 19.0. The standard InChI is InChI=1S/C15H10Cl.C9H13.C2H6Si.2ClH.Zr/c16-13-7-9-15-12(10-13)6-8-14(15)11-4-2-1-3-5-11;1-6-5-7(2)9(4)8(6)3;1-3-2;;;/h1-10H;6H,1-4H3;1-2H3;2*1H;/q2*-1;;;;+2/p-2. The van der Waals surface area contributed by atoms with Crippen LogP contribution in [0.2, 0.25) is 18.1 Å². The van der Waals surface area contributed by atoms with E-state index in [4.69, 9.17) is 11.6 Å². The van der Waals surface area contributed by atoms with Gasteiger partial charge in [-0.05, 0) is 5.02 Å². The van der Waals surface area contributed by atoms with Crippen LogP contribution in [0.3, 0.4) is 0 Å². The summed E-state index contributed by atoms with van der Waals surface area (Å²) < 4.78 is 0. The molecule has 0 amide bonds. The average molecular weight is 567 g/mol. The molecule has 3 aromatic carbocycles. The maximum atomic E-state index is 5.97. The number of hydrogen-bond donors (Lipinski definition) is 0. The summed E-state index contributed by atoms with van der Waals surface area (Å²) in [5.74, 6) is 0.560. The molecule has 31 heavy (non-hydrogen) atoms. The van der Waals surface area contributed by atoms with Gasteiger partial charge in [0, 0.05) is 0 Å². The number of allylic oxidation sites excluding steroid dienone is 4. The van der Waals surface area contributed by atoms with Crippen molar-refractivity contribution in [2.45, 2.75) is 40.8 Å². The fourth-order valence-corrected chi connectivity index (χ4v) is 3.39. The van der Waals surface area contributed by atoms with Gasteiger partial charge in [-0.3, -0.25) is 6.08 Å². The molecular weight excluding hydrogens is 538 g/mol. The van der Waals surface area contributed by atoms with Gasteiger partial charge in [0.1, 0.15) is 0 Å². The second-order valence-electron chi connectivity index (χ2n) is 7.64. The summed E-state index contributed by atoms with van der Waals surface area (Å²) in [7, 11) is 0. The van der Waals surface area contributed by atoms with Gasteiger partial charge >= 0.3 is 41.9 Å². The van der Waals surface area contributed by atoms with Crippen molar-refractivity contribution in [3.8, 4) is 11.1 Å². The molecule has 0 nitrogen and oxygen atoms in total. The number of rotatable bonds is 1. The van der Waals surface area contributed by atoms with E-state index in [9.17, 15) is 0 Å². The molecule has 0 radical (unpaired) electrons. The minimum atomic E-state index is 0. The van der Waals surface area contributed by atoms with Gasteiger partial charge in [-0.15, -0.1) is 47.5 Å². The van der Waals surface area contributed by atoms with Crippen LogP contribution in [0.4, 0.5) is 0 Å². The molecule has 3 aromatic rings. The Bertz CT molecular complexity index is 1040. The Morgan fingerprint density at radius 2 is 1.58 bits per heavy atom. The van der Waals surface area contributed by atoms with Gasteiger partial charge < -0.3 is 24.8 Å². The van der Waals surface area contributed by atoms with Crippen molar-refractivity contribution in [2.75, 3.05) is 0 Å². The fourth-order valence-electron chi connectivity index (χ4n) is 3.21. The van der Waals surface area contributed by atoms with E-state index in [1.165, 1.54) is 38.6 Å². The van der Waals surface area contributed by atoms with Crippen LogP contribution >= 0.6 is 11.6 Å². The molecule has 0 heterocycles. The zero-order valence-corrected chi connectivity index (χ0v) is 24.7. The predicted octanol–water partition coefficient (Wildman–Crippen LogP) is 2.39. The quantitative estimate of drug-likeness (QED) is 0.313. The van der Waals surface area contributed by atoms with Crippen LogP contribution in [-0.4, -0.2) is 5.43 Å². The number of halogens is 3. The van der Waals surface area contributed by atoms with Crippen molar-refractivity contribution in [1.29, 1.82) is 0 Å². The summed E-state index contributed by atoms with van der Waals surface area (Å²) in [6.45, 7) is 13.3. The van der Waals surface area contributed by atoms with Gasteiger partial charge in [-0.1, -0.05) is 80.3 Å². The van der Waals surface area contributed by atoms with E-state index in [1.54, 1.807) is 23.3 Å². The van der Waals surface area contributed by atoms with Crippen molar-refractivity contribution in [2.24, 2.45) is 5.92 Å². The molecule has 1 unspecified atom stereocenters. The van der Waals surface area contributed by atoms with E-state index in [2.05, 4.69) is 89.3 Å². The van der Waals surface area contributed by atoms with Crippen molar-refractivity contribution in [1.82, 2.24) is 0 Å². The number of benzene rings is 2. The average Bonchev–Trinajstić information content (AvgIpc) is 3.19. The van der Waals surface area contributed by atoms with E-state index in [0.717, 1.165) is 5.02 Å². The first-order chi connectivity index (χ1) is 13.7. The number of fused-ring (bicyclic) bond motifs is 1. The summed E-state index contributed by atoms with van der Waals surface area (Å²) in [6, 6.07) is 20.7. The second kappa shape index (κ2) is 14.6. The van der Waals surface area contributed by atoms with Crippen molar-refractivity contribution < 1.29 is 48.1 Å². The number of hydrogen-bond acceptors (Lipinski definition) is 0. The van der Waals surface area contributed by atoms with Crippen LogP contribution in [0.15, 0.2) is 77.4 Å². The molecule has 1 aliphatic carbocycles. The molecule has 0 aromatic heterocycles. The first-order valence-electron chi connectivity index (χ1n) is 9.90. The van der Waals surface area contributed by atoms with Crippen LogP contribution in [0.25, 0.3) is 21.9 Å². The first-order valence-corrected chi connectivity index (χ1v) is 16.5. The van der Waals surface area contributed by atoms with Crippen LogP contribution in [0.5, 0.6) is 0 Å². The van der Waals surface area contributed by atoms with Gasteiger partial charge in [-0.25, -0.2) is 5.57 Å². The Morgan fingerprint density at radius 1 is 1.00 bits per heavy atom. The molecule has 0 bridgehead atoms. The fraction of sp³-hybridized carbons (Fsp3) is 0.269. The smallest absolute Gasteiger partial charge is 0.00101 e. The van der Waals surface area contributed by atoms with Gasteiger partial charge in [0.05, 0.1) is 0 Å². The third-order valence-corrected chi connectivity index (χ3v) is 5.29. The summed E-state index contributed by atoms with van der Waals surface area (Å²) in [4.78, 5) is 0. The Morgan fingerprint density at radius 3 is 2.03 bits per heavy atom. The molecule has 0 aliphatic heterocycles. The van der Waals surface area contributed by atoms with Crippen LogP contribution in [-0.2, 0) is 23.3 Å². The summed E-state index contributed by atoms with van der Waals surface area (Å²) in [5.41, 5.74) is 6.98. The Kier molecular flexibility index (Phi) is 14.4. The monoisotopic (exact) mass is 564 g/mol. The molecule has 1 atom stereocenters.